The van der Waals surface area contributed by atoms with E-state index in [2.05, 4.69) is 9.97 Å². The third kappa shape index (κ3) is 3.65. The molecule has 5 nitrogen and oxygen atoms in total. The van der Waals surface area contributed by atoms with Crippen LogP contribution in [-0.4, -0.2) is 38.5 Å². The van der Waals surface area contributed by atoms with Crippen LogP contribution in [0.25, 0.3) is 10.2 Å². The first-order valence-corrected chi connectivity index (χ1v) is 12.2. The number of thioether (sulfide) groups is 1. The third-order valence-electron chi connectivity index (χ3n) is 5.88. The molecule has 1 aliphatic carbocycles. The molecule has 0 saturated carbocycles. The molecule has 0 N–H and O–H groups in total. The third-order valence-corrected chi connectivity index (χ3v) is 8.33. The number of thiophene rings is 1. The molecule has 0 spiro atoms. The zero-order valence-electron chi connectivity index (χ0n) is 16.7. The van der Waals surface area contributed by atoms with E-state index in [9.17, 15) is 9.59 Å². The maximum Gasteiger partial charge on any atom is 0.260 e. The quantitative estimate of drug-likeness (QED) is 0.431. The molecule has 154 valence electrons. The summed E-state index contributed by atoms with van der Waals surface area (Å²) in [6.07, 6.45) is 8.75. The molecular formula is C23H23N3O2S2. The van der Waals surface area contributed by atoms with Crippen LogP contribution in [0.2, 0.25) is 0 Å². The molecule has 1 atom stereocenters. The van der Waals surface area contributed by atoms with Gasteiger partial charge in [0.15, 0.2) is 0 Å². The first-order chi connectivity index (χ1) is 14.7. The van der Waals surface area contributed by atoms with Crippen LogP contribution in [0, 0.1) is 0 Å². The predicted octanol–water partition coefficient (Wildman–Crippen LogP) is 4.88. The lowest BCUT2D eigenvalue weighted by molar-refractivity contribution is -0.127. The Bertz CT molecular complexity index is 1100. The van der Waals surface area contributed by atoms with Crippen molar-refractivity contribution in [2.45, 2.75) is 55.2 Å². The van der Waals surface area contributed by atoms with E-state index >= 15 is 0 Å². The molecule has 0 radical (unpaired) electrons. The molecule has 2 aromatic heterocycles. The van der Waals surface area contributed by atoms with Gasteiger partial charge in [-0.2, -0.15) is 0 Å². The van der Waals surface area contributed by atoms with Crippen LogP contribution in [0.3, 0.4) is 0 Å². The summed E-state index contributed by atoms with van der Waals surface area (Å²) < 4.78 is 0. The maximum absolute atomic E-state index is 13.4. The van der Waals surface area contributed by atoms with E-state index in [1.807, 2.05) is 18.2 Å². The van der Waals surface area contributed by atoms with Gasteiger partial charge in [0.1, 0.15) is 16.2 Å². The Kier molecular flexibility index (Phi) is 5.56. The predicted molar refractivity (Wildman–Crippen MR) is 120 cm³/mol. The number of hydrogen-bond acceptors (Lipinski definition) is 6. The molecule has 2 aliphatic rings. The number of likely N-dealkylation sites (tertiary alicyclic amines) is 1. The summed E-state index contributed by atoms with van der Waals surface area (Å²) in [5, 5.41) is 1.74. The molecule has 1 saturated heterocycles. The van der Waals surface area contributed by atoms with Gasteiger partial charge in [-0.25, -0.2) is 9.97 Å². The average molecular weight is 438 g/mol. The molecule has 3 aromatic rings. The van der Waals surface area contributed by atoms with Crippen LogP contribution in [0.1, 0.15) is 52.9 Å². The van der Waals surface area contributed by atoms with Crippen LogP contribution in [0.15, 0.2) is 41.7 Å². The number of carbonyl (C=O) groups is 2. The standard InChI is InChI=1S/C23H23N3O2S2/c27-22(15-8-2-1-3-9-15)26-13-7-6-12-18(23(26)28)30-21-19-16-10-4-5-11-17(16)29-20(19)24-14-25-21/h1-3,8-9,14,18H,4-7,10-13H2. The van der Waals surface area contributed by atoms with Crippen LogP contribution < -0.4 is 0 Å². The van der Waals surface area contributed by atoms with Crippen LogP contribution >= 0.6 is 23.1 Å². The average Bonchev–Trinajstić information content (AvgIpc) is 3.08. The van der Waals surface area contributed by atoms with E-state index in [-0.39, 0.29) is 17.1 Å². The molecule has 2 amide bonds. The number of carbonyl (C=O) groups excluding carboxylic acids is 2. The number of fused-ring (bicyclic) bond motifs is 3. The maximum atomic E-state index is 13.4. The van der Waals surface area contributed by atoms with Crippen LogP contribution in [-0.2, 0) is 17.6 Å². The Hall–Kier alpha value is -2.25. The van der Waals surface area contributed by atoms with E-state index in [0.29, 0.717) is 12.1 Å². The first kappa shape index (κ1) is 19.7. The highest BCUT2D eigenvalue weighted by molar-refractivity contribution is 8.00. The topological polar surface area (TPSA) is 63.2 Å². The second-order valence-electron chi connectivity index (χ2n) is 7.83. The van der Waals surface area contributed by atoms with Crippen molar-refractivity contribution < 1.29 is 9.59 Å². The minimum absolute atomic E-state index is 0.0952. The van der Waals surface area contributed by atoms with Gasteiger partial charge in [-0.05, 0) is 56.2 Å². The smallest absolute Gasteiger partial charge is 0.260 e. The summed E-state index contributed by atoms with van der Waals surface area (Å²) >= 11 is 3.29. The fourth-order valence-electron chi connectivity index (χ4n) is 4.34. The van der Waals surface area contributed by atoms with E-state index < -0.39 is 0 Å². The summed E-state index contributed by atoms with van der Waals surface area (Å²) in [5.74, 6) is -0.295. The summed E-state index contributed by atoms with van der Waals surface area (Å²) in [4.78, 5) is 39.3. The number of rotatable bonds is 3. The zero-order chi connectivity index (χ0) is 20.5. The number of aromatic nitrogens is 2. The Balaban J connectivity index is 1.45. The molecule has 3 heterocycles. The molecule has 30 heavy (non-hydrogen) atoms. The second kappa shape index (κ2) is 8.47. The molecule has 5 rings (SSSR count). The zero-order valence-corrected chi connectivity index (χ0v) is 18.3. The molecule has 1 unspecified atom stereocenters. The number of amides is 2. The Morgan fingerprint density at radius 2 is 1.90 bits per heavy atom. The van der Waals surface area contributed by atoms with Gasteiger partial charge in [0, 0.05) is 22.4 Å². The number of hydrogen-bond donors (Lipinski definition) is 0. The van der Waals surface area contributed by atoms with Crippen molar-refractivity contribution >= 4 is 45.1 Å². The van der Waals surface area contributed by atoms with Crippen molar-refractivity contribution in [3.05, 3.63) is 52.7 Å². The molecular weight excluding hydrogens is 414 g/mol. The fourth-order valence-corrected chi connectivity index (χ4v) is 6.86. The van der Waals surface area contributed by atoms with Crippen molar-refractivity contribution in [1.82, 2.24) is 14.9 Å². The monoisotopic (exact) mass is 437 g/mol. The molecule has 0 bridgehead atoms. The van der Waals surface area contributed by atoms with Gasteiger partial charge < -0.3 is 0 Å². The lowest BCUT2D eigenvalue weighted by atomic mass is 9.97. The van der Waals surface area contributed by atoms with E-state index in [0.717, 1.165) is 47.3 Å². The number of nitrogens with zero attached hydrogens (tertiary/aromatic N) is 3. The van der Waals surface area contributed by atoms with E-state index in [1.54, 1.807) is 29.8 Å². The SMILES string of the molecule is O=C(c1ccccc1)N1CCCCC(Sc2ncnc3sc4c(c23)CCCC4)C1=O. The molecule has 1 aromatic carbocycles. The van der Waals surface area contributed by atoms with Crippen molar-refractivity contribution in [3.63, 3.8) is 0 Å². The number of benzene rings is 1. The highest BCUT2D eigenvalue weighted by Crippen LogP contribution is 2.41. The highest BCUT2D eigenvalue weighted by atomic mass is 32.2. The number of aryl methyl sites for hydroxylation is 2. The van der Waals surface area contributed by atoms with Gasteiger partial charge in [-0.1, -0.05) is 36.4 Å². The Morgan fingerprint density at radius 1 is 1.07 bits per heavy atom. The highest BCUT2D eigenvalue weighted by Gasteiger charge is 2.33. The lowest BCUT2D eigenvalue weighted by Gasteiger charge is -2.22. The van der Waals surface area contributed by atoms with Gasteiger partial charge >= 0.3 is 0 Å². The lowest BCUT2D eigenvalue weighted by Crippen LogP contribution is -2.41. The fraction of sp³-hybridized carbons (Fsp3) is 0.391. The van der Waals surface area contributed by atoms with Crippen molar-refractivity contribution in [3.8, 4) is 0 Å². The van der Waals surface area contributed by atoms with Crippen molar-refractivity contribution in [2.75, 3.05) is 6.54 Å². The summed E-state index contributed by atoms with van der Waals surface area (Å²) in [7, 11) is 0. The number of imide groups is 1. The molecule has 7 heteroatoms. The van der Waals surface area contributed by atoms with Gasteiger partial charge in [-0.3, -0.25) is 14.5 Å². The van der Waals surface area contributed by atoms with Gasteiger partial charge in [0.05, 0.1) is 5.25 Å². The van der Waals surface area contributed by atoms with Gasteiger partial charge in [0.2, 0.25) is 5.91 Å². The van der Waals surface area contributed by atoms with Crippen LogP contribution in [0.5, 0.6) is 0 Å². The van der Waals surface area contributed by atoms with E-state index in [1.165, 1.54) is 39.9 Å². The Morgan fingerprint density at radius 3 is 2.77 bits per heavy atom. The van der Waals surface area contributed by atoms with Gasteiger partial charge in [0.25, 0.3) is 5.91 Å². The summed E-state index contributed by atoms with van der Waals surface area (Å²) in [6.45, 7) is 0.483. The molecule has 1 fully saturated rings. The van der Waals surface area contributed by atoms with Crippen LogP contribution in [0.4, 0.5) is 0 Å². The van der Waals surface area contributed by atoms with Gasteiger partial charge in [-0.15, -0.1) is 11.3 Å². The largest absolute Gasteiger partial charge is 0.278 e. The van der Waals surface area contributed by atoms with Crippen molar-refractivity contribution in [1.29, 1.82) is 0 Å². The second-order valence-corrected chi connectivity index (χ2v) is 10.1. The molecule has 1 aliphatic heterocycles. The van der Waals surface area contributed by atoms with E-state index in [4.69, 9.17) is 0 Å². The minimum atomic E-state index is -0.294. The first-order valence-electron chi connectivity index (χ1n) is 10.5. The van der Waals surface area contributed by atoms with Crippen molar-refractivity contribution in [2.24, 2.45) is 0 Å². The summed E-state index contributed by atoms with van der Waals surface area (Å²) in [5.41, 5.74) is 1.94. The minimum Gasteiger partial charge on any atom is -0.278 e. The summed E-state index contributed by atoms with van der Waals surface area (Å²) in [6, 6.07) is 9.09. The normalized spacial score (nSPS) is 19.5. The Labute approximate surface area is 183 Å².